The van der Waals surface area contributed by atoms with Gasteiger partial charge in [-0.05, 0) is 109 Å². The van der Waals surface area contributed by atoms with Crippen LogP contribution < -0.4 is 11.1 Å². The Hall–Kier alpha value is -3.75. The highest BCUT2D eigenvalue weighted by atomic mass is 19.1. The summed E-state index contributed by atoms with van der Waals surface area (Å²) in [6.45, 7) is 27.8. The third-order valence-electron chi connectivity index (χ3n) is 7.96. The number of aromatic nitrogens is 2. The zero-order valence-corrected chi connectivity index (χ0v) is 38.0. The number of alkyl halides is 1. The SMILES string of the molecule is C#CC(=N\C(=C/C)CCC)/C(=C\C(C)=C/C)OC.CC.CC.CC.CC1(O)CC1.CCC(C)c1cc(CCNCO)nc(-c2cc(CF)ncc2F)c1C.CN. The largest absolute Gasteiger partial charge is 0.494 e. The van der Waals surface area contributed by atoms with Gasteiger partial charge in [0.1, 0.15) is 6.67 Å². The molecular formula is C46H79F2N5O3. The maximum Gasteiger partial charge on any atom is 0.155 e. The number of nitrogens with two attached hydrogens (primary N) is 1. The van der Waals surface area contributed by atoms with E-state index in [4.69, 9.17) is 21.4 Å². The van der Waals surface area contributed by atoms with Crippen molar-refractivity contribution in [2.75, 3.05) is 27.4 Å². The third kappa shape index (κ3) is 24.7. The summed E-state index contributed by atoms with van der Waals surface area (Å²) in [6.07, 6.45) is 18.0. The van der Waals surface area contributed by atoms with E-state index in [0.29, 0.717) is 36.0 Å². The number of pyridine rings is 2. The topological polar surface area (TPSA) is 126 Å². The Bertz CT molecular complexity index is 1470. The number of aliphatic hydroxyl groups is 2. The average Bonchev–Trinajstić information content (AvgIpc) is 3.95. The fourth-order valence-electron chi connectivity index (χ4n) is 4.36. The predicted molar refractivity (Wildman–Crippen MR) is 238 cm³/mol. The molecule has 1 atom stereocenters. The number of nitrogens with zero attached hydrogens (tertiary/aromatic N) is 3. The van der Waals surface area contributed by atoms with E-state index in [1.54, 1.807) is 7.11 Å². The second-order valence-electron chi connectivity index (χ2n) is 12.1. The quantitative estimate of drug-likeness (QED) is 0.0375. The minimum atomic E-state index is -0.745. The zero-order chi connectivity index (χ0) is 44.3. The highest BCUT2D eigenvalue weighted by Gasteiger charge is 2.33. The van der Waals surface area contributed by atoms with Crippen LogP contribution in [-0.2, 0) is 17.8 Å². The number of aliphatic hydroxyl groups excluding tert-OH is 1. The number of terminal acetylenes is 1. The Labute approximate surface area is 341 Å². The van der Waals surface area contributed by atoms with Gasteiger partial charge in [-0.2, -0.15) is 0 Å². The van der Waals surface area contributed by atoms with Crippen LogP contribution in [0.1, 0.15) is 151 Å². The molecule has 0 spiro atoms. The molecule has 1 aliphatic carbocycles. The Balaban J connectivity index is -0.000000379. The molecule has 56 heavy (non-hydrogen) atoms. The Morgan fingerprint density at radius 2 is 1.68 bits per heavy atom. The van der Waals surface area contributed by atoms with Crippen molar-refractivity contribution >= 4 is 5.71 Å². The molecule has 10 heteroatoms. The predicted octanol–water partition coefficient (Wildman–Crippen LogP) is 11.1. The van der Waals surface area contributed by atoms with Gasteiger partial charge in [0.05, 0.1) is 37.0 Å². The van der Waals surface area contributed by atoms with E-state index < -0.39 is 12.5 Å². The number of ether oxygens (including phenoxy) is 1. The van der Waals surface area contributed by atoms with E-state index in [2.05, 4.69) is 52.7 Å². The van der Waals surface area contributed by atoms with Crippen LogP contribution in [0, 0.1) is 25.1 Å². The van der Waals surface area contributed by atoms with Crippen molar-refractivity contribution in [1.29, 1.82) is 0 Å². The lowest BCUT2D eigenvalue weighted by Gasteiger charge is -2.18. The molecule has 0 amide bonds. The molecule has 2 heterocycles. The highest BCUT2D eigenvalue weighted by molar-refractivity contribution is 6.11. The molecule has 3 rings (SSSR count). The molecule has 0 saturated heterocycles. The molecule has 8 nitrogen and oxygen atoms in total. The lowest BCUT2D eigenvalue weighted by atomic mass is 9.91. The first kappa shape index (κ1) is 58.9. The molecule has 2 aromatic rings. The number of allylic oxidation sites excluding steroid dienone is 6. The zero-order valence-electron chi connectivity index (χ0n) is 38.0. The monoisotopic (exact) mass is 788 g/mol. The summed E-state index contributed by atoms with van der Waals surface area (Å²) in [6, 6.07) is 3.47. The molecule has 0 aromatic carbocycles. The van der Waals surface area contributed by atoms with Crippen LogP contribution in [-0.4, -0.2) is 58.9 Å². The summed E-state index contributed by atoms with van der Waals surface area (Å²) < 4.78 is 32.6. The van der Waals surface area contributed by atoms with Gasteiger partial charge < -0.3 is 20.7 Å². The molecule has 0 bridgehead atoms. The van der Waals surface area contributed by atoms with Crippen molar-refractivity contribution in [2.24, 2.45) is 10.7 Å². The van der Waals surface area contributed by atoms with Gasteiger partial charge in [-0.3, -0.25) is 15.3 Å². The lowest BCUT2D eigenvalue weighted by Crippen LogP contribution is -2.18. The molecule has 1 aliphatic rings. The number of halogens is 2. The molecule has 0 aliphatic heterocycles. The first-order chi connectivity index (χ1) is 26.8. The van der Waals surface area contributed by atoms with Gasteiger partial charge in [-0.25, -0.2) is 13.8 Å². The van der Waals surface area contributed by atoms with Crippen molar-refractivity contribution < 1.29 is 23.7 Å². The number of hydrogen-bond donors (Lipinski definition) is 4. The fraction of sp³-hybridized carbons (Fsp3) is 0.587. The van der Waals surface area contributed by atoms with Gasteiger partial charge in [-0.15, -0.1) is 6.42 Å². The van der Waals surface area contributed by atoms with Crippen LogP contribution in [0.5, 0.6) is 0 Å². The summed E-state index contributed by atoms with van der Waals surface area (Å²) in [5.74, 6) is 3.02. The fourth-order valence-corrected chi connectivity index (χ4v) is 4.36. The molecule has 0 radical (unpaired) electrons. The molecule has 1 unspecified atom stereocenters. The number of nitrogens with one attached hydrogen (secondary N) is 1. The second kappa shape index (κ2) is 36.9. The second-order valence-corrected chi connectivity index (χ2v) is 12.1. The van der Waals surface area contributed by atoms with Gasteiger partial charge in [0.25, 0.3) is 0 Å². The third-order valence-corrected chi connectivity index (χ3v) is 7.96. The summed E-state index contributed by atoms with van der Waals surface area (Å²) in [7, 11) is 3.11. The standard InChI is InChI=1S/C19H25F2N3O.C16H23NO.C4H8O.3C2H6.CH5N/c1-4-12(2)16-7-14(5-6-22-11-25)24-19(13(16)3)17-8-15(9-20)23-10-18(17)21;1-7-11-14(9-3)17-15(10-4)16(18-6)12-13(5)8-2;1-4(5)2-3-4;4*1-2/h7-8,10,12,22,25H,4-6,9,11H2,1-3H3;4,8-9,12H,7,11H2,1-3,5-6H3;5H,2-3H2,1H3;3*1-2H3;2H2,1H3/b;13-8-,14-9-,16-12+,17-15+;;;;;. The van der Waals surface area contributed by atoms with E-state index >= 15 is 0 Å². The van der Waals surface area contributed by atoms with E-state index in [0.717, 1.165) is 66.4 Å². The average molecular weight is 788 g/mol. The Morgan fingerprint density at radius 3 is 2.09 bits per heavy atom. The smallest absolute Gasteiger partial charge is 0.155 e. The minimum Gasteiger partial charge on any atom is -0.494 e. The Kier molecular flexibility index (Phi) is 38.8. The maximum atomic E-state index is 14.4. The van der Waals surface area contributed by atoms with Crippen LogP contribution in [0.25, 0.3) is 11.3 Å². The van der Waals surface area contributed by atoms with Crippen molar-refractivity contribution in [3.05, 3.63) is 81.9 Å². The van der Waals surface area contributed by atoms with Gasteiger partial charge in [0, 0.05) is 29.9 Å². The molecule has 1 fully saturated rings. The number of hydrogen-bond acceptors (Lipinski definition) is 8. The number of aliphatic imine (C=N–C) groups is 1. The van der Waals surface area contributed by atoms with Gasteiger partial charge in [-0.1, -0.05) is 86.5 Å². The number of rotatable bonds is 14. The lowest BCUT2D eigenvalue weighted by molar-refractivity contribution is 0.172. The van der Waals surface area contributed by atoms with Crippen LogP contribution in [0.3, 0.4) is 0 Å². The maximum absolute atomic E-state index is 14.4. The van der Waals surface area contributed by atoms with E-state index in [-0.39, 0.29) is 23.6 Å². The van der Waals surface area contributed by atoms with E-state index in [1.165, 1.54) is 13.1 Å². The van der Waals surface area contributed by atoms with E-state index in [9.17, 15) is 8.78 Å². The first-order valence-electron chi connectivity index (χ1n) is 20.3. The molecule has 5 N–H and O–H groups in total. The van der Waals surface area contributed by atoms with Crippen LogP contribution in [0.2, 0.25) is 0 Å². The highest BCUT2D eigenvalue weighted by Crippen LogP contribution is 2.33. The summed E-state index contributed by atoms with van der Waals surface area (Å²) >= 11 is 0. The first-order valence-corrected chi connectivity index (χ1v) is 20.3. The van der Waals surface area contributed by atoms with Crippen molar-refractivity contribution in [3.8, 4) is 23.6 Å². The van der Waals surface area contributed by atoms with Gasteiger partial charge >= 0.3 is 0 Å². The molecule has 320 valence electrons. The number of methoxy groups -OCH3 is 1. The molecule has 1 saturated carbocycles. The summed E-state index contributed by atoms with van der Waals surface area (Å²) in [5.41, 5.74) is 10.7. The minimum absolute atomic E-state index is 0.101. The van der Waals surface area contributed by atoms with Crippen LogP contribution >= 0.6 is 0 Å². The van der Waals surface area contributed by atoms with E-state index in [1.807, 2.05) is 100 Å². The van der Waals surface area contributed by atoms with Crippen LogP contribution in [0.4, 0.5) is 8.78 Å². The normalized spacial score (nSPS) is 13.3. The molecule has 2 aromatic heterocycles. The summed E-state index contributed by atoms with van der Waals surface area (Å²) in [4.78, 5) is 12.9. The van der Waals surface area contributed by atoms with Crippen molar-refractivity contribution in [1.82, 2.24) is 15.3 Å². The van der Waals surface area contributed by atoms with Gasteiger partial charge in [0.15, 0.2) is 17.3 Å². The summed E-state index contributed by atoms with van der Waals surface area (Å²) in [5, 5.41) is 20.3. The molecular weight excluding hydrogens is 709 g/mol. The van der Waals surface area contributed by atoms with Crippen molar-refractivity contribution in [2.45, 2.75) is 154 Å². The van der Waals surface area contributed by atoms with Crippen molar-refractivity contribution in [3.63, 3.8) is 0 Å². The Morgan fingerprint density at radius 1 is 1.11 bits per heavy atom. The van der Waals surface area contributed by atoms with Gasteiger partial charge in [0.2, 0.25) is 0 Å². The van der Waals surface area contributed by atoms with Crippen LogP contribution in [0.15, 0.2) is 58.6 Å².